The quantitative estimate of drug-likeness (QED) is 0.395. The summed E-state index contributed by atoms with van der Waals surface area (Å²) < 4.78 is 18.5. The minimum absolute atomic E-state index is 0.175. The lowest BCUT2D eigenvalue weighted by molar-refractivity contribution is -0.126. The second-order valence-electron chi connectivity index (χ2n) is 7.94. The first-order valence-electron chi connectivity index (χ1n) is 11.0. The summed E-state index contributed by atoms with van der Waals surface area (Å²) in [6.07, 6.45) is 2.95. The number of hydrogen-bond acceptors (Lipinski definition) is 7. The van der Waals surface area contributed by atoms with Crippen LogP contribution in [0.15, 0.2) is 59.7 Å². The van der Waals surface area contributed by atoms with Gasteiger partial charge in [-0.05, 0) is 48.7 Å². The Balaban J connectivity index is 1.37. The monoisotopic (exact) mass is 511 g/mol. The van der Waals surface area contributed by atoms with E-state index in [4.69, 9.17) is 25.8 Å². The smallest absolute Gasteiger partial charge is 0.275 e. The first-order chi connectivity index (χ1) is 17.0. The molecular weight excluding hydrogens is 490 g/mol. The number of methoxy groups -OCH3 is 1. The number of fused-ring (bicyclic) bond motifs is 1. The minimum Gasteiger partial charge on any atom is -0.493 e. The van der Waals surface area contributed by atoms with E-state index in [2.05, 4.69) is 10.3 Å². The Morgan fingerprint density at radius 3 is 2.80 bits per heavy atom. The van der Waals surface area contributed by atoms with Gasteiger partial charge in [-0.15, -0.1) is 11.3 Å². The van der Waals surface area contributed by atoms with Crippen LogP contribution in [-0.2, 0) is 9.53 Å². The normalized spacial score (nSPS) is 15.3. The zero-order chi connectivity index (χ0) is 24.4. The number of amides is 1. The third kappa shape index (κ3) is 5.02. The van der Waals surface area contributed by atoms with Crippen molar-refractivity contribution in [2.45, 2.75) is 19.1 Å². The van der Waals surface area contributed by atoms with Gasteiger partial charge in [0.15, 0.2) is 18.1 Å². The van der Waals surface area contributed by atoms with Crippen LogP contribution in [0.2, 0.25) is 5.02 Å². The SMILES string of the molecule is COc1cc(-n2cnc3cc(-c4ccc(Cl)cc4)sc3c2=O)ccc1OCC(=O)NC1CCCO1. The number of aromatic nitrogens is 2. The number of ether oxygens (including phenoxy) is 3. The number of halogens is 1. The van der Waals surface area contributed by atoms with Crippen LogP contribution in [-0.4, -0.2) is 42.0 Å². The molecule has 4 aromatic rings. The Kier molecular flexibility index (Phi) is 6.72. The Morgan fingerprint density at radius 1 is 1.23 bits per heavy atom. The molecule has 180 valence electrons. The molecule has 1 fully saturated rings. The standard InChI is InChI=1S/C25H22ClN3O5S/c1-32-20-11-17(8-9-19(20)34-13-22(30)28-23-3-2-10-33-23)29-14-27-18-12-21(35-24(18)25(29)31)15-4-6-16(26)7-5-15/h4-9,11-12,14,23H,2-3,10,13H2,1H3,(H,28,30). The van der Waals surface area contributed by atoms with Crippen LogP contribution in [0.3, 0.4) is 0 Å². The maximum absolute atomic E-state index is 13.3. The van der Waals surface area contributed by atoms with Crippen LogP contribution in [0, 0.1) is 0 Å². The summed E-state index contributed by atoms with van der Waals surface area (Å²) >= 11 is 7.37. The van der Waals surface area contributed by atoms with E-state index >= 15 is 0 Å². The molecule has 10 heteroatoms. The average Bonchev–Trinajstić information content (AvgIpc) is 3.54. The van der Waals surface area contributed by atoms with Crippen molar-refractivity contribution in [1.82, 2.24) is 14.9 Å². The number of carbonyl (C=O) groups is 1. The van der Waals surface area contributed by atoms with Crippen LogP contribution >= 0.6 is 22.9 Å². The van der Waals surface area contributed by atoms with Gasteiger partial charge in [0.05, 0.1) is 18.3 Å². The maximum Gasteiger partial charge on any atom is 0.275 e. The van der Waals surface area contributed by atoms with Crippen LogP contribution in [0.1, 0.15) is 12.8 Å². The van der Waals surface area contributed by atoms with Crippen molar-refractivity contribution in [2.75, 3.05) is 20.3 Å². The highest BCUT2D eigenvalue weighted by Crippen LogP contribution is 2.33. The molecular formula is C25H22ClN3O5S. The lowest BCUT2D eigenvalue weighted by atomic mass is 10.2. The molecule has 1 saturated heterocycles. The number of hydrogen-bond donors (Lipinski definition) is 1. The molecule has 0 saturated carbocycles. The van der Waals surface area contributed by atoms with Crippen LogP contribution in [0.25, 0.3) is 26.3 Å². The summed E-state index contributed by atoms with van der Waals surface area (Å²) in [5.74, 6) is 0.512. The maximum atomic E-state index is 13.3. The van der Waals surface area contributed by atoms with Gasteiger partial charge in [0.25, 0.3) is 11.5 Å². The van der Waals surface area contributed by atoms with E-state index in [0.717, 1.165) is 23.3 Å². The Bertz CT molecular complexity index is 1430. The zero-order valence-electron chi connectivity index (χ0n) is 18.8. The van der Waals surface area contributed by atoms with Crippen molar-refractivity contribution >= 4 is 39.1 Å². The van der Waals surface area contributed by atoms with Gasteiger partial charge in [-0.2, -0.15) is 0 Å². The molecule has 2 aromatic heterocycles. The fraction of sp³-hybridized carbons (Fsp3) is 0.240. The second kappa shape index (κ2) is 10.1. The van der Waals surface area contributed by atoms with E-state index < -0.39 is 0 Å². The van der Waals surface area contributed by atoms with Crippen molar-refractivity contribution in [1.29, 1.82) is 0 Å². The minimum atomic E-state index is -0.275. The molecule has 1 atom stereocenters. The van der Waals surface area contributed by atoms with Crippen LogP contribution in [0.4, 0.5) is 0 Å². The van der Waals surface area contributed by atoms with Crippen molar-refractivity contribution < 1.29 is 19.0 Å². The Labute approximate surface area is 210 Å². The van der Waals surface area contributed by atoms with Gasteiger partial charge in [0.1, 0.15) is 17.3 Å². The number of nitrogens with zero attached hydrogens (tertiary/aromatic N) is 2. The van der Waals surface area contributed by atoms with Crippen molar-refractivity contribution in [3.8, 4) is 27.6 Å². The number of rotatable bonds is 7. The van der Waals surface area contributed by atoms with Gasteiger partial charge in [-0.25, -0.2) is 4.98 Å². The molecule has 0 spiro atoms. The van der Waals surface area contributed by atoms with Gasteiger partial charge in [-0.1, -0.05) is 23.7 Å². The summed E-state index contributed by atoms with van der Waals surface area (Å²) in [6, 6.07) is 14.4. The van der Waals surface area contributed by atoms with Crippen molar-refractivity contribution in [3.63, 3.8) is 0 Å². The first-order valence-corrected chi connectivity index (χ1v) is 12.2. The predicted molar refractivity (Wildman–Crippen MR) is 135 cm³/mol. The van der Waals surface area contributed by atoms with E-state index in [0.29, 0.717) is 39.0 Å². The van der Waals surface area contributed by atoms with Gasteiger partial charge in [0.2, 0.25) is 0 Å². The van der Waals surface area contributed by atoms with Gasteiger partial charge in [0, 0.05) is 22.6 Å². The topological polar surface area (TPSA) is 91.7 Å². The molecule has 5 rings (SSSR count). The highest BCUT2D eigenvalue weighted by atomic mass is 35.5. The van der Waals surface area contributed by atoms with E-state index in [1.165, 1.54) is 29.3 Å². The lowest BCUT2D eigenvalue weighted by Gasteiger charge is -2.15. The summed E-state index contributed by atoms with van der Waals surface area (Å²) in [5, 5.41) is 3.43. The number of benzene rings is 2. The largest absolute Gasteiger partial charge is 0.493 e. The van der Waals surface area contributed by atoms with E-state index in [1.807, 2.05) is 30.3 Å². The van der Waals surface area contributed by atoms with E-state index in [1.54, 1.807) is 18.2 Å². The molecule has 3 heterocycles. The highest BCUT2D eigenvalue weighted by molar-refractivity contribution is 7.22. The molecule has 2 aromatic carbocycles. The van der Waals surface area contributed by atoms with E-state index in [-0.39, 0.29) is 24.3 Å². The molecule has 1 amide bonds. The molecule has 1 aliphatic rings. The highest BCUT2D eigenvalue weighted by Gasteiger charge is 2.19. The summed E-state index contributed by atoms with van der Waals surface area (Å²) in [7, 11) is 1.50. The van der Waals surface area contributed by atoms with Crippen LogP contribution < -0.4 is 20.3 Å². The molecule has 8 nitrogen and oxygen atoms in total. The van der Waals surface area contributed by atoms with Gasteiger partial charge >= 0.3 is 0 Å². The molecule has 0 bridgehead atoms. The number of thiophene rings is 1. The van der Waals surface area contributed by atoms with Crippen molar-refractivity contribution in [2.24, 2.45) is 0 Å². The average molecular weight is 512 g/mol. The summed E-state index contributed by atoms with van der Waals surface area (Å²) in [5.41, 5.74) is 1.98. The molecule has 0 radical (unpaired) electrons. The predicted octanol–water partition coefficient (Wildman–Crippen LogP) is 4.41. The van der Waals surface area contributed by atoms with Gasteiger partial charge in [-0.3, -0.25) is 14.2 Å². The summed E-state index contributed by atoms with van der Waals surface area (Å²) in [4.78, 5) is 30.8. The van der Waals surface area contributed by atoms with Crippen LogP contribution in [0.5, 0.6) is 11.5 Å². The second-order valence-corrected chi connectivity index (χ2v) is 9.43. The lowest BCUT2D eigenvalue weighted by Crippen LogP contribution is -2.37. The van der Waals surface area contributed by atoms with Gasteiger partial charge < -0.3 is 19.5 Å². The number of carbonyl (C=O) groups excluding carboxylic acids is 1. The fourth-order valence-corrected chi connectivity index (χ4v) is 5.01. The third-order valence-electron chi connectivity index (χ3n) is 5.60. The Morgan fingerprint density at radius 2 is 2.06 bits per heavy atom. The zero-order valence-corrected chi connectivity index (χ0v) is 20.4. The molecule has 1 N–H and O–H groups in total. The molecule has 1 unspecified atom stereocenters. The van der Waals surface area contributed by atoms with Crippen molar-refractivity contribution in [3.05, 3.63) is 70.2 Å². The fourth-order valence-electron chi connectivity index (χ4n) is 3.83. The first kappa shape index (κ1) is 23.3. The molecule has 0 aliphatic carbocycles. The third-order valence-corrected chi connectivity index (χ3v) is 7.02. The van der Waals surface area contributed by atoms with E-state index in [9.17, 15) is 9.59 Å². The number of nitrogens with one attached hydrogen (secondary N) is 1. The molecule has 35 heavy (non-hydrogen) atoms. The molecule has 1 aliphatic heterocycles. The summed E-state index contributed by atoms with van der Waals surface area (Å²) in [6.45, 7) is 0.473. The Hall–Kier alpha value is -3.40.